The van der Waals surface area contributed by atoms with Crippen LogP contribution in [0.4, 0.5) is 0 Å². The van der Waals surface area contributed by atoms with Gasteiger partial charge in [0, 0.05) is 18.0 Å². The Balaban J connectivity index is 2.42. The molecule has 0 amide bonds. The largest absolute Gasteiger partial charge is 0.397 e. The molecule has 0 atom stereocenters. The summed E-state index contributed by atoms with van der Waals surface area (Å²) in [4.78, 5) is 2.18. The highest BCUT2D eigenvalue weighted by atomic mass is 15.1. The highest BCUT2D eigenvalue weighted by molar-refractivity contribution is 5.67. The summed E-state index contributed by atoms with van der Waals surface area (Å²) in [5.41, 5.74) is 8.00. The molecule has 0 aromatic heterocycles. The average Bonchev–Trinajstić information content (AvgIpc) is 2.29. The van der Waals surface area contributed by atoms with Gasteiger partial charge >= 0.3 is 0 Å². The van der Waals surface area contributed by atoms with Crippen molar-refractivity contribution in [1.29, 1.82) is 0 Å². The molecule has 0 bridgehead atoms. The molecular formula is C13H12N2. The molecule has 0 aliphatic carbocycles. The molecule has 74 valence electrons. The van der Waals surface area contributed by atoms with Gasteiger partial charge in [-0.15, -0.1) is 0 Å². The molecule has 2 heterocycles. The van der Waals surface area contributed by atoms with Crippen molar-refractivity contribution >= 4 is 11.8 Å². The number of fused-ring (bicyclic) bond motifs is 2. The second-order valence-electron chi connectivity index (χ2n) is 3.76. The predicted molar refractivity (Wildman–Crippen MR) is 61.7 cm³/mol. The van der Waals surface area contributed by atoms with E-state index in [0.717, 1.165) is 17.9 Å². The monoisotopic (exact) mass is 196 g/mol. The Kier molecular flexibility index (Phi) is 1.68. The number of allylic oxidation sites excluding steroid dienone is 2. The van der Waals surface area contributed by atoms with Gasteiger partial charge in [-0.3, -0.25) is 0 Å². The van der Waals surface area contributed by atoms with Gasteiger partial charge < -0.3 is 10.6 Å². The molecule has 2 heteroatoms. The minimum absolute atomic E-state index is 0.845. The molecular weight excluding hydrogens is 184 g/mol. The van der Waals surface area contributed by atoms with Crippen molar-refractivity contribution in [1.82, 2.24) is 4.90 Å². The van der Waals surface area contributed by atoms with Gasteiger partial charge in [0.2, 0.25) is 0 Å². The molecule has 0 unspecified atom stereocenters. The van der Waals surface area contributed by atoms with E-state index in [1.54, 1.807) is 0 Å². The summed E-state index contributed by atoms with van der Waals surface area (Å²) in [5.74, 6) is 0. The molecule has 0 radical (unpaired) electrons. The second kappa shape index (κ2) is 3.02. The van der Waals surface area contributed by atoms with Gasteiger partial charge in [-0.1, -0.05) is 30.3 Å². The Hall–Kier alpha value is -1.96. The van der Waals surface area contributed by atoms with Gasteiger partial charge in [-0.2, -0.15) is 0 Å². The van der Waals surface area contributed by atoms with Crippen LogP contribution in [0.2, 0.25) is 0 Å². The van der Waals surface area contributed by atoms with Crippen molar-refractivity contribution in [2.75, 3.05) is 6.54 Å². The quantitative estimate of drug-likeness (QED) is 0.645. The molecule has 2 aliphatic rings. The summed E-state index contributed by atoms with van der Waals surface area (Å²) in [7, 11) is 0. The molecule has 0 saturated carbocycles. The SMILES string of the molecule is NC1=CC=CN2CC=c3ccccc3=C12. The Bertz CT molecular complexity index is 579. The maximum Gasteiger partial charge on any atom is 0.0722 e. The van der Waals surface area contributed by atoms with E-state index in [9.17, 15) is 0 Å². The van der Waals surface area contributed by atoms with Gasteiger partial charge in [0.05, 0.1) is 11.4 Å². The van der Waals surface area contributed by atoms with E-state index >= 15 is 0 Å². The van der Waals surface area contributed by atoms with Crippen LogP contribution in [-0.4, -0.2) is 11.4 Å². The average molecular weight is 196 g/mol. The number of benzene rings is 1. The van der Waals surface area contributed by atoms with Crippen LogP contribution >= 0.6 is 0 Å². The Morgan fingerprint density at radius 1 is 1.20 bits per heavy atom. The van der Waals surface area contributed by atoms with Gasteiger partial charge in [0.25, 0.3) is 0 Å². The standard InChI is InChI=1S/C13H12N2/c14-12-6-3-8-15-9-7-10-4-1-2-5-11(10)13(12)15/h1-8H,9,14H2. The van der Waals surface area contributed by atoms with Gasteiger partial charge in [0.1, 0.15) is 0 Å². The van der Waals surface area contributed by atoms with E-state index in [1.807, 2.05) is 12.2 Å². The maximum atomic E-state index is 6.02. The van der Waals surface area contributed by atoms with E-state index < -0.39 is 0 Å². The fraction of sp³-hybridized carbons (Fsp3) is 0.0769. The zero-order valence-electron chi connectivity index (χ0n) is 8.35. The van der Waals surface area contributed by atoms with Crippen LogP contribution in [0, 0.1) is 0 Å². The summed E-state index contributed by atoms with van der Waals surface area (Å²) < 4.78 is 0. The van der Waals surface area contributed by atoms with Crippen LogP contribution in [-0.2, 0) is 0 Å². The number of nitrogens with zero attached hydrogens (tertiary/aromatic N) is 1. The van der Waals surface area contributed by atoms with Crippen molar-refractivity contribution < 1.29 is 0 Å². The van der Waals surface area contributed by atoms with Gasteiger partial charge in [-0.05, 0) is 17.4 Å². The highest BCUT2D eigenvalue weighted by Gasteiger charge is 2.15. The third kappa shape index (κ3) is 1.18. The van der Waals surface area contributed by atoms with Crippen LogP contribution in [0.5, 0.6) is 0 Å². The van der Waals surface area contributed by atoms with Gasteiger partial charge in [-0.25, -0.2) is 0 Å². The Morgan fingerprint density at radius 2 is 2.07 bits per heavy atom. The number of rotatable bonds is 0. The zero-order chi connectivity index (χ0) is 10.3. The summed E-state index contributed by atoms with van der Waals surface area (Å²) in [6, 6.07) is 8.36. The first-order valence-corrected chi connectivity index (χ1v) is 5.07. The van der Waals surface area contributed by atoms with Crippen LogP contribution in [0.25, 0.3) is 11.8 Å². The lowest BCUT2D eigenvalue weighted by molar-refractivity contribution is 0.589. The summed E-state index contributed by atoms with van der Waals surface area (Å²) in [6.45, 7) is 0.900. The van der Waals surface area contributed by atoms with E-state index in [-0.39, 0.29) is 0 Å². The van der Waals surface area contributed by atoms with Crippen LogP contribution in [0.15, 0.2) is 48.3 Å². The number of nitrogens with two attached hydrogens (primary N) is 1. The first kappa shape index (κ1) is 8.36. The topological polar surface area (TPSA) is 29.3 Å². The van der Waals surface area contributed by atoms with Crippen LogP contribution in [0.1, 0.15) is 0 Å². The zero-order valence-corrected chi connectivity index (χ0v) is 8.35. The second-order valence-corrected chi connectivity index (χ2v) is 3.76. The van der Waals surface area contributed by atoms with Crippen LogP contribution in [0.3, 0.4) is 0 Å². The Labute approximate surface area is 88.3 Å². The lowest BCUT2D eigenvalue weighted by Crippen LogP contribution is -2.40. The molecule has 0 fully saturated rings. The third-order valence-corrected chi connectivity index (χ3v) is 2.83. The van der Waals surface area contributed by atoms with E-state index in [4.69, 9.17) is 5.73 Å². The molecule has 1 aromatic carbocycles. The van der Waals surface area contributed by atoms with E-state index in [2.05, 4.69) is 41.4 Å². The van der Waals surface area contributed by atoms with E-state index in [1.165, 1.54) is 10.4 Å². The number of hydrogen-bond acceptors (Lipinski definition) is 2. The van der Waals surface area contributed by atoms with E-state index in [0.29, 0.717) is 0 Å². The molecule has 2 N–H and O–H groups in total. The first-order chi connectivity index (χ1) is 7.36. The lowest BCUT2D eigenvalue weighted by Gasteiger charge is -2.27. The van der Waals surface area contributed by atoms with Crippen molar-refractivity contribution in [3.05, 3.63) is 58.8 Å². The number of hydrogen-bond donors (Lipinski definition) is 1. The Morgan fingerprint density at radius 3 is 3.00 bits per heavy atom. The summed E-state index contributed by atoms with van der Waals surface area (Å²) >= 11 is 0. The highest BCUT2D eigenvalue weighted by Crippen LogP contribution is 2.17. The van der Waals surface area contributed by atoms with Crippen molar-refractivity contribution in [3.8, 4) is 0 Å². The normalized spacial score (nSPS) is 17.7. The third-order valence-electron chi connectivity index (χ3n) is 2.83. The van der Waals surface area contributed by atoms with Gasteiger partial charge in [0.15, 0.2) is 0 Å². The minimum atomic E-state index is 0.845. The first-order valence-electron chi connectivity index (χ1n) is 5.07. The molecule has 3 rings (SSSR count). The smallest absolute Gasteiger partial charge is 0.0722 e. The molecule has 0 spiro atoms. The fourth-order valence-corrected chi connectivity index (χ4v) is 2.12. The lowest BCUT2D eigenvalue weighted by atomic mass is 10.1. The maximum absolute atomic E-state index is 6.02. The molecule has 2 aliphatic heterocycles. The van der Waals surface area contributed by atoms with Crippen molar-refractivity contribution in [2.24, 2.45) is 5.73 Å². The molecule has 1 aromatic rings. The van der Waals surface area contributed by atoms with Crippen molar-refractivity contribution in [2.45, 2.75) is 0 Å². The molecule has 15 heavy (non-hydrogen) atoms. The van der Waals surface area contributed by atoms with Crippen LogP contribution < -0.4 is 16.2 Å². The molecule has 2 nitrogen and oxygen atoms in total. The molecule has 0 saturated heterocycles. The predicted octanol–water partition coefficient (Wildman–Crippen LogP) is 0.261. The summed E-state index contributed by atoms with van der Waals surface area (Å²) in [6.07, 6.45) is 8.23. The fourth-order valence-electron chi connectivity index (χ4n) is 2.12. The van der Waals surface area contributed by atoms with Crippen molar-refractivity contribution in [3.63, 3.8) is 0 Å². The minimum Gasteiger partial charge on any atom is -0.397 e. The summed E-state index contributed by atoms with van der Waals surface area (Å²) in [5, 5.41) is 2.50.